The molecule has 1 aromatic rings. The quantitative estimate of drug-likeness (QED) is 0.843. The van der Waals surface area contributed by atoms with Crippen LogP contribution >= 0.6 is 0 Å². The Balaban J connectivity index is 2.80. The highest BCUT2D eigenvalue weighted by Gasteiger charge is 2.27. The minimum Gasteiger partial charge on any atom is -0.377 e. The lowest BCUT2D eigenvalue weighted by Crippen LogP contribution is -2.51. The van der Waals surface area contributed by atoms with E-state index in [0.29, 0.717) is 0 Å². The summed E-state index contributed by atoms with van der Waals surface area (Å²) in [6.45, 7) is 10.0. The monoisotopic (exact) mass is 250 g/mol. The Morgan fingerprint density at radius 1 is 1.39 bits per heavy atom. The van der Waals surface area contributed by atoms with E-state index in [1.807, 2.05) is 13.8 Å². The lowest BCUT2D eigenvalue weighted by atomic mass is 9.98. The minimum atomic E-state index is -0.308. The molecule has 0 aliphatic rings. The summed E-state index contributed by atoms with van der Waals surface area (Å²) in [6, 6.07) is 8.48. The van der Waals surface area contributed by atoms with E-state index in [9.17, 15) is 0 Å². The van der Waals surface area contributed by atoms with Gasteiger partial charge in [0, 0.05) is 25.9 Å². The fraction of sp³-hybridized carbons (Fsp3) is 0.600. The Morgan fingerprint density at radius 3 is 2.56 bits per heavy atom. The second kappa shape index (κ2) is 6.21. The molecule has 0 saturated heterocycles. The number of hydrogen-bond donors (Lipinski definition) is 1. The van der Waals surface area contributed by atoms with Gasteiger partial charge in [0.2, 0.25) is 0 Å². The van der Waals surface area contributed by atoms with E-state index in [-0.39, 0.29) is 11.6 Å². The second-order valence-corrected chi connectivity index (χ2v) is 5.29. The molecule has 1 rings (SSSR count). The molecule has 0 heterocycles. The molecule has 3 heteroatoms. The van der Waals surface area contributed by atoms with Crippen molar-refractivity contribution in [1.82, 2.24) is 0 Å². The Hall–Kier alpha value is -1.06. The first-order valence-electron chi connectivity index (χ1n) is 6.53. The van der Waals surface area contributed by atoms with Crippen LogP contribution in [-0.2, 0) is 4.74 Å². The highest BCUT2D eigenvalue weighted by molar-refractivity contribution is 5.48. The fourth-order valence-corrected chi connectivity index (χ4v) is 1.85. The molecular weight excluding hydrogens is 224 g/mol. The molecule has 102 valence electrons. The summed E-state index contributed by atoms with van der Waals surface area (Å²) in [6.07, 6.45) is 0. The Kier molecular flexibility index (Phi) is 5.17. The first kappa shape index (κ1) is 15.0. The molecule has 1 unspecified atom stereocenters. The maximum absolute atomic E-state index is 6.25. The normalized spacial score (nSPS) is 13.4. The molecule has 0 saturated carbocycles. The number of anilines is 1. The van der Waals surface area contributed by atoms with E-state index < -0.39 is 0 Å². The molecule has 0 spiro atoms. The van der Waals surface area contributed by atoms with E-state index in [1.54, 1.807) is 7.11 Å². The molecular formula is C15H26N2O. The van der Waals surface area contributed by atoms with Crippen molar-refractivity contribution >= 4 is 5.69 Å². The van der Waals surface area contributed by atoms with Crippen LogP contribution in [0, 0.1) is 6.92 Å². The largest absolute Gasteiger partial charge is 0.377 e. The number of rotatable bonds is 6. The summed E-state index contributed by atoms with van der Waals surface area (Å²) in [5.41, 5.74) is 8.43. The van der Waals surface area contributed by atoms with E-state index in [1.165, 1.54) is 11.3 Å². The van der Waals surface area contributed by atoms with Gasteiger partial charge in [-0.25, -0.2) is 0 Å². The summed E-state index contributed by atoms with van der Waals surface area (Å²) in [7, 11) is 1.71. The Bertz CT molecular complexity index is 377. The maximum atomic E-state index is 6.25. The number of nitrogens with two attached hydrogens (primary N) is 1. The number of likely N-dealkylation sites (N-methyl/N-ethyl adjacent to an activating group) is 1. The number of nitrogens with zero attached hydrogens (tertiary/aromatic N) is 1. The van der Waals surface area contributed by atoms with Gasteiger partial charge >= 0.3 is 0 Å². The smallest absolute Gasteiger partial charge is 0.0790 e. The first-order chi connectivity index (χ1) is 8.40. The highest BCUT2D eigenvalue weighted by atomic mass is 16.5. The van der Waals surface area contributed by atoms with E-state index in [4.69, 9.17) is 10.5 Å². The molecule has 0 fully saturated rings. The molecule has 0 aliphatic heterocycles. The van der Waals surface area contributed by atoms with Gasteiger partial charge in [-0.3, -0.25) is 0 Å². The molecule has 1 aromatic carbocycles. The molecule has 0 radical (unpaired) electrons. The predicted molar refractivity (Wildman–Crippen MR) is 78.1 cm³/mol. The zero-order valence-corrected chi connectivity index (χ0v) is 12.2. The van der Waals surface area contributed by atoms with Gasteiger partial charge in [0.1, 0.15) is 0 Å². The van der Waals surface area contributed by atoms with Crippen LogP contribution in [0.5, 0.6) is 0 Å². The minimum absolute atomic E-state index is 0.0250. The SMILES string of the molecule is CCN(CC(N)C(C)(C)OC)c1cccc(C)c1. The Morgan fingerprint density at radius 2 is 2.06 bits per heavy atom. The molecule has 3 nitrogen and oxygen atoms in total. The van der Waals surface area contributed by atoms with Gasteiger partial charge < -0.3 is 15.4 Å². The van der Waals surface area contributed by atoms with Crippen molar-refractivity contribution in [2.45, 2.75) is 39.3 Å². The molecule has 2 N–H and O–H groups in total. The van der Waals surface area contributed by atoms with Crippen molar-refractivity contribution in [2.75, 3.05) is 25.1 Å². The second-order valence-electron chi connectivity index (χ2n) is 5.29. The molecule has 18 heavy (non-hydrogen) atoms. The third-order valence-electron chi connectivity index (χ3n) is 3.58. The molecule has 1 atom stereocenters. The van der Waals surface area contributed by atoms with Crippen LogP contribution in [0.1, 0.15) is 26.3 Å². The molecule has 0 aromatic heterocycles. The third kappa shape index (κ3) is 3.72. The number of methoxy groups -OCH3 is 1. The van der Waals surface area contributed by atoms with Crippen molar-refractivity contribution in [1.29, 1.82) is 0 Å². The Labute approximate surface area is 111 Å². The predicted octanol–water partition coefficient (Wildman–Crippen LogP) is 2.57. The van der Waals surface area contributed by atoms with Crippen LogP contribution in [0.3, 0.4) is 0 Å². The van der Waals surface area contributed by atoms with Crippen LogP contribution in [-0.4, -0.2) is 31.8 Å². The summed E-state index contributed by atoms with van der Waals surface area (Å²) < 4.78 is 5.45. The average molecular weight is 250 g/mol. The van der Waals surface area contributed by atoms with Crippen molar-refractivity contribution < 1.29 is 4.74 Å². The van der Waals surface area contributed by atoms with E-state index in [2.05, 4.69) is 43.0 Å². The van der Waals surface area contributed by atoms with Gasteiger partial charge in [0.05, 0.1) is 11.6 Å². The number of aryl methyl sites for hydroxylation is 1. The first-order valence-corrected chi connectivity index (χ1v) is 6.53. The van der Waals surface area contributed by atoms with Crippen LogP contribution in [0.4, 0.5) is 5.69 Å². The fourth-order valence-electron chi connectivity index (χ4n) is 1.85. The van der Waals surface area contributed by atoms with Crippen molar-refractivity contribution in [3.63, 3.8) is 0 Å². The third-order valence-corrected chi connectivity index (χ3v) is 3.58. The maximum Gasteiger partial charge on any atom is 0.0790 e. The van der Waals surface area contributed by atoms with Crippen molar-refractivity contribution in [2.24, 2.45) is 5.73 Å². The standard InChI is InChI=1S/C15H26N2O/c1-6-17(11-14(16)15(3,4)18-5)13-9-7-8-12(2)10-13/h7-10,14H,6,11,16H2,1-5H3. The van der Waals surface area contributed by atoms with Crippen LogP contribution in [0.25, 0.3) is 0 Å². The van der Waals surface area contributed by atoms with E-state index in [0.717, 1.165) is 13.1 Å². The van der Waals surface area contributed by atoms with Crippen LogP contribution in [0.15, 0.2) is 24.3 Å². The topological polar surface area (TPSA) is 38.5 Å². The summed E-state index contributed by atoms with van der Waals surface area (Å²) in [5, 5.41) is 0. The van der Waals surface area contributed by atoms with Crippen LogP contribution < -0.4 is 10.6 Å². The lowest BCUT2D eigenvalue weighted by molar-refractivity contribution is 0.00261. The average Bonchev–Trinajstić information content (AvgIpc) is 2.35. The van der Waals surface area contributed by atoms with Gasteiger partial charge in [0.25, 0.3) is 0 Å². The molecule has 0 aliphatic carbocycles. The number of ether oxygens (including phenoxy) is 1. The van der Waals surface area contributed by atoms with Crippen LogP contribution in [0.2, 0.25) is 0 Å². The van der Waals surface area contributed by atoms with Gasteiger partial charge in [-0.15, -0.1) is 0 Å². The zero-order chi connectivity index (χ0) is 13.8. The van der Waals surface area contributed by atoms with E-state index >= 15 is 0 Å². The van der Waals surface area contributed by atoms with Gasteiger partial charge in [-0.05, 0) is 45.4 Å². The number of hydrogen-bond acceptors (Lipinski definition) is 3. The highest BCUT2D eigenvalue weighted by Crippen LogP contribution is 2.19. The zero-order valence-electron chi connectivity index (χ0n) is 12.2. The molecule has 0 bridgehead atoms. The summed E-state index contributed by atoms with van der Waals surface area (Å²) in [5.74, 6) is 0. The van der Waals surface area contributed by atoms with Crippen molar-refractivity contribution in [3.8, 4) is 0 Å². The number of benzene rings is 1. The summed E-state index contributed by atoms with van der Waals surface area (Å²) >= 11 is 0. The summed E-state index contributed by atoms with van der Waals surface area (Å²) in [4.78, 5) is 2.29. The van der Waals surface area contributed by atoms with Gasteiger partial charge in [-0.2, -0.15) is 0 Å². The lowest BCUT2D eigenvalue weighted by Gasteiger charge is -2.35. The van der Waals surface area contributed by atoms with Crippen molar-refractivity contribution in [3.05, 3.63) is 29.8 Å². The van der Waals surface area contributed by atoms with Gasteiger partial charge in [0.15, 0.2) is 0 Å². The van der Waals surface area contributed by atoms with Gasteiger partial charge in [-0.1, -0.05) is 12.1 Å². The molecule has 0 amide bonds.